The maximum atomic E-state index is 12.5. The number of ether oxygens (including phenoxy) is 1. The van der Waals surface area contributed by atoms with Crippen LogP contribution < -0.4 is 5.32 Å². The van der Waals surface area contributed by atoms with E-state index in [1.165, 1.54) is 11.3 Å². The van der Waals surface area contributed by atoms with Crippen molar-refractivity contribution in [3.05, 3.63) is 46.3 Å². The first-order valence-electron chi connectivity index (χ1n) is 10.2. The van der Waals surface area contributed by atoms with Gasteiger partial charge in [0.25, 0.3) is 0 Å². The van der Waals surface area contributed by atoms with Gasteiger partial charge < -0.3 is 10.1 Å². The van der Waals surface area contributed by atoms with E-state index < -0.39 is 15.8 Å². The van der Waals surface area contributed by atoms with Crippen LogP contribution in [0.25, 0.3) is 0 Å². The Morgan fingerprint density at radius 3 is 2.67 bits per heavy atom. The molecule has 0 spiro atoms. The third-order valence-corrected chi connectivity index (χ3v) is 8.15. The van der Waals surface area contributed by atoms with Crippen molar-refractivity contribution >= 4 is 38.1 Å². The van der Waals surface area contributed by atoms with Crippen molar-refractivity contribution in [3.8, 4) is 0 Å². The normalized spacial score (nSPS) is 16.0. The number of rotatable bonds is 8. The van der Waals surface area contributed by atoms with Crippen molar-refractivity contribution in [2.24, 2.45) is 5.92 Å². The number of sulfone groups is 1. The Kier molecular flexibility index (Phi) is 7.31. The number of fused-ring (bicyclic) bond motifs is 1. The number of esters is 1. The lowest BCUT2D eigenvalue weighted by molar-refractivity contribution is -0.116. The summed E-state index contributed by atoms with van der Waals surface area (Å²) in [7, 11) is -3.42. The van der Waals surface area contributed by atoms with Gasteiger partial charge in [0.15, 0.2) is 9.84 Å². The summed E-state index contributed by atoms with van der Waals surface area (Å²) < 4.78 is 29.9. The van der Waals surface area contributed by atoms with Gasteiger partial charge in [0.1, 0.15) is 5.00 Å². The van der Waals surface area contributed by atoms with E-state index in [0.29, 0.717) is 16.5 Å². The van der Waals surface area contributed by atoms with Gasteiger partial charge in [0, 0.05) is 11.3 Å². The molecule has 1 aromatic carbocycles. The van der Waals surface area contributed by atoms with Crippen LogP contribution in [0.5, 0.6) is 0 Å². The SMILES string of the molecule is CCOC(=O)c1c(NC(=O)CCCS(=O)(=O)c2ccccc2)sc2c1CCC(C)C2. The first-order valence-corrected chi connectivity index (χ1v) is 12.7. The third kappa shape index (κ3) is 5.29. The largest absolute Gasteiger partial charge is 0.462 e. The molecule has 0 radical (unpaired) electrons. The van der Waals surface area contributed by atoms with E-state index in [-0.39, 0.29) is 36.0 Å². The topological polar surface area (TPSA) is 89.5 Å². The van der Waals surface area contributed by atoms with E-state index in [4.69, 9.17) is 4.74 Å². The Bertz CT molecular complexity index is 1010. The number of benzene rings is 1. The molecule has 6 nitrogen and oxygen atoms in total. The van der Waals surface area contributed by atoms with Gasteiger partial charge in [-0.15, -0.1) is 11.3 Å². The number of carbonyl (C=O) groups excluding carboxylic acids is 2. The first kappa shape index (κ1) is 22.5. The van der Waals surface area contributed by atoms with Crippen LogP contribution in [0.4, 0.5) is 5.00 Å². The third-order valence-electron chi connectivity index (χ3n) is 5.16. The highest BCUT2D eigenvalue weighted by atomic mass is 32.2. The van der Waals surface area contributed by atoms with Gasteiger partial charge in [-0.2, -0.15) is 0 Å². The van der Waals surface area contributed by atoms with Gasteiger partial charge in [-0.25, -0.2) is 13.2 Å². The summed E-state index contributed by atoms with van der Waals surface area (Å²) in [6.45, 7) is 4.20. The molecule has 1 N–H and O–H groups in total. The molecule has 1 aliphatic carbocycles. The molecule has 1 heterocycles. The molecule has 162 valence electrons. The second-order valence-electron chi connectivity index (χ2n) is 7.56. The average Bonchev–Trinajstić information content (AvgIpc) is 3.05. The van der Waals surface area contributed by atoms with E-state index in [9.17, 15) is 18.0 Å². The van der Waals surface area contributed by atoms with Gasteiger partial charge in [-0.3, -0.25) is 4.79 Å². The molecule has 30 heavy (non-hydrogen) atoms. The van der Waals surface area contributed by atoms with Crippen LogP contribution in [0.3, 0.4) is 0 Å². The summed E-state index contributed by atoms with van der Waals surface area (Å²) in [5, 5.41) is 3.35. The zero-order valence-corrected chi connectivity index (χ0v) is 18.9. The smallest absolute Gasteiger partial charge is 0.341 e. The molecule has 0 saturated heterocycles. The number of amides is 1. The lowest BCUT2D eigenvalue weighted by Crippen LogP contribution is -2.17. The number of thiophene rings is 1. The summed E-state index contributed by atoms with van der Waals surface area (Å²) >= 11 is 1.43. The van der Waals surface area contributed by atoms with Gasteiger partial charge >= 0.3 is 5.97 Å². The fraction of sp³-hybridized carbons (Fsp3) is 0.455. The Balaban J connectivity index is 1.67. The van der Waals surface area contributed by atoms with Crippen molar-refractivity contribution in [3.63, 3.8) is 0 Å². The molecule has 1 unspecified atom stereocenters. The summed E-state index contributed by atoms with van der Waals surface area (Å²) in [4.78, 5) is 26.4. The van der Waals surface area contributed by atoms with Crippen LogP contribution in [0.1, 0.15) is 53.9 Å². The minimum absolute atomic E-state index is 0.0628. The van der Waals surface area contributed by atoms with E-state index >= 15 is 0 Å². The molecule has 8 heteroatoms. The highest BCUT2D eigenvalue weighted by molar-refractivity contribution is 7.91. The fourth-order valence-electron chi connectivity index (χ4n) is 3.62. The molecule has 1 amide bonds. The number of anilines is 1. The molecule has 1 aromatic heterocycles. The highest BCUT2D eigenvalue weighted by Crippen LogP contribution is 2.40. The van der Waals surface area contributed by atoms with Gasteiger partial charge in [-0.05, 0) is 56.2 Å². The average molecular weight is 450 g/mol. The van der Waals surface area contributed by atoms with Crippen LogP contribution in [0, 0.1) is 5.92 Å². The quantitative estimate of drug-likeness (QED) is 0.609. The monoisotopic (exact) mass is 449 g/mol. The lowest BCUT2D eigenvalue weighted by atomic mass is 9.88. The molecule has 3 rings (SSSR count). The zero-order valence-electron chi connectivity index (χ0n) is 17.3. The molecule has 0 aliphatic heterocycles. The van der Waals surface area contributed by atoms with Gasteiger partial charge in [0.2, 0.25) is 5.91 Å². The van der Waals surface area contributed by atoms with Crippen molar-refractivity contribution in [1.29, 1.82) is 0 Å². The van der Waals surface area contributed by atoms with E-state index in [1.54, 1.807) is 37.3 Å². The number of hydrogen-bond acceptors (Lipinski definition) is 6. The Morgan fingerprint density at radius 2 is 1.97 bits per heavy atom. The minimum Gasteiger partial charge on any atom is -0.462 e. The lowest BCUT2D eigenvalue weighted by Gasteiger charge is -2.18. The van der Waals surface area contributed by atoms with Crippen LogP contribution in [0.2, 0.25) is 0 Å². The van der Waals surface area contributed by atoms with Gasteiger partial charge in [0.05, 0.1) is 22.8 Å². The van der Waals surface area contributed by atoms with Crippen LogP contribution in [0.15, 0.2) is 35.2 Å². The standard InChI is InChI=1S/C22H27NO5S2/c1-3-28-22(25)20-17-12-11-15(2)14-18(17)29-21(20)23-19(24)10-7-13-30(26,27)16-8-5-4-6-9-16/h4-6,8-9,15H,3,7,10-14H2,1-2H3,(H,23,24). The Hall–Kier alpha value is -2.19. The molecular weight excluding hydrogens is 422 g/mol. The van der Waals surface area contributed by atoms with Crippen molar-refractivity contribution < 1.29 is 22.7 Å². The highest BCUT2D eigenvalue weighted by Gasteiger charge is 2.29. The minimum atomic E-state index is -3.42. The molecule has 0 bridgehead atoms. The van der Waals surface area contributed by atoms with Crippen molar-refractivity contribution in [1.82, 2.24) is 0 Å². The predicted octanol–water partition coefficient (Wildman–Crippen LogP) is 4.24. The predicted molar refractivity (Wildman–Crippen MR) is 118 cm³/mol. The first-order chi connectivity index (χ1) is 14.3. The number of carbonyl (C=O) groups is 2. The van der Waals surface area contributed by atoms with Gasteiger partial charge in [-0.1, -0.05) is 25.1 Å². The van der Waals surface area contributed by atoms with Crippen molar-refractivity contribution in [2.45, 2.75) is 50.8 Å². The molecule has 2 aromatic rings. The molecular formula is C22H27NO5S2. The van der Waals surface area contributed by atoms with E-state index in [0.717, 1.165) is 29.7 Å². The molecule has 1 atom stereocenters. The van der Waals surface area contributed by atoms with Crippen LogP contribution in [-0.2, 0) is 32.2 Å². The molecule has 0 saturated carbocycles. The summed E-state index contributed by atoms with van der Waals surface area (Å²) in [5.74, 6) is -0.270. The second kappa shape index (κ2) is 9.75. The number of nitrogens with one attached hydrogen (secondary N) is 1. The van der Waals surface area contributed by atoms with E-state index in [2.05, 4.69) is 12.2 Å². The summed E-state index contributed by atoms with van der Waals surface area (Å²) in [6, 6.07) is 8.22. The Morgan fingerprint density at radius 1 is 1.23 bits per heavy atom. The van der Waals surface area contributed by atoms with E-state index in [1.807, 2.05) is 0 Å². The Labute approximate surface area is 181 Å². The molecule has 1 aliphatic rings. The van der Waals surface area contributed by atoms with Crippen LogP contribution >= 0.6 is 11.3 Å². The maximum Gasteiger partial charge on any atom is 0.341 e. The maximum absolute atomic E-state index is 12.5. The molecule has 0 fully saturated rings. The van der Waals surface area contributed by atoms with Crippen molar-refractivity contribution in [2.75, 3.05) is 17.7 Å². The second-order valence-corrected chi connectivity index (χ2v) is 10.8. The van der Waals surface area contributed by atoms with Crippen LogP contribution in [-0.4, -0.2) is 32.7 Å². The summed E-state index contributed by atoms with van der Waals surface area (Å²) in [6.07, 6.45) is 2.96. The summed E-state index contributed by atoms with van der Waals surface area (Å²) in [5.41, 5.74) is 1.45. The zero-order chi connectivity index (χ0) is 21.7. The fourth-order valence-corrected chi connectivity index (χ4v) is 6.36. The number of hydrogen-bond donors (Lipinski definition) is 1.